The fraction of sp³-hybridized carbons (Fsp3) is 0.250. The number of para-hydroxylation sites is 3. The third-order valence-electron chi connectivity index (χ3n) is 3.13. The summed E-state index contributed by atoms with van der Waals surface area (Å²) in [6.45, 7) is 1.39. The number of hydrogen-bond acceptors (Lipinski definition) is 3. The zero-order valence-electron chi connectivity index (χ0n) is 11.8. The molecule has 2 aromatic carbocycles. The van der Waals surface area contributed by atoms with Crippen LogP contribution in [-0.4, -0.2) is 27.2 Å². The molecule has 0 aliphatic carbocycles. The fourth-order valence-electron chi connectivity index (χ4n) is 2.03. The summed E-state index contributed by atoms with van der Waals surface area (Å²) in [5, 5.41) is 3.09. The quantitative estimate of drug-likeness (QED) is 0.874. The number of methoxy groups -OCH3 is 1. The van der Waals surface area contributed by atoms with Crippen LogP contribution in [0, 0.1) is 5.82 Å². The Balaban J connectivity index is 1.92. The predicted octanol–water partition coefficient (Wildman–Crippen LogP) is 3.38. The van der Waals surface area contributed by atoms with Crippen molar-refractivity contribution in [1.82, 2.24) is 0 Å². The molecule has 0 aliphatic rings. The third kappa shape index (κ3) is 3.41. The Morgan fingerprint density at radius 3 is 2.55 bits per heavy atom. The van der Waals surface area contributed by atoms with E-state index in [-0.39, 0.29) is 5.82 Å². The van der Waals surface area contributed by atoms with E-state index in [0.29, 0.717) is 12.2 Å². The van der Waals surface area contributed by atoms with Crippen molar-refractivity contribution in [2.24, 2.45) is 0 Å². The van der Waals surface area contributed by atoms with Crippen LogP contribution in [0.3, 0.4) is 0 Å². The maximum absolute atomic E-state index is 13.5. The molecule has 20 heavy (non-hydrogen) atoms. The molecule has 0 unspecified atom stereocenters. The molecule has 0 spiro atoms. The minimum atomic E-state index is -0.229. The Hall–Kier alpha value is -2.23. The number of nitrogens with zero attached hydrogens (tertiary/aromatic N) is 1. The second-order valence-electron chi connectivity index (χ2n) is 4.50. The predicted molar refractivity (Wildman–Crippen MR) is 81.2 cm³/mol. The van der Waals surface area contributed by atoms with Gasteiger partial charge in [0.1, 0.15) is 11.6 Å². The van der Waals surface area contributed by atoms with Gasteiger partial charge in [0.25, 0.3) is 0 Å². The standard InChI is InChI=1S/C16H19FN2O/c1-19(15-9-5-6-10-16(15)20-2)12-11-18-14-8-4-3-7-13(14)17/h3-10,18H,11-12H2,1-2H3. The van der Waals surface area contributed by atoms with Crippen LogP contribution in [0.4, 0.5) is 15.8 Å². The third-order valence-corrected chi connectivity index (χ3v) is 3.13. The normalized spacial score (nSPS) is 10.2. The lowest BCUT2D eigenvalue weighted by Gasteiger charge is -2.22. The Morgan fingerprint density at radius 1 is 1.10 bits per heavy atom. The second-order valence-corrected chi connectivity index (χ2v) is 4.50. The zero-order valence-corrected chi connectivity index (χ0v) is 11.8. The summed E-state index contributed by atoms with van der Waals surface area (Å²) in [5.74, 6) is 0.605. The first-order chi connectivity index (χ1) is 9.72. The highest BCUT2D eigenvalue weighted by Crippen LogP contribution is 2.26. The number of nitrogens with one attached hydrogen (secondary N) is 1. The fourth-order valence-corrected chi connectivity index (χ4v) is 2.03. The van der Waals surface area contributed by atoms with E-state index in [9.17, 15) is 4.39 Å². The van der Waals surface area contributed by atoms with Crippen molar-refractivity contribution in [2.45, 2.75) is 0 Å². The Morgan fingerprint density at radius 2 is 1.80 bits per heavy atom. The molecule has 3 nitrogen and oxygen atoms in total. The molecule has 0 aliphatic heterocycles. The van der Waals surface area contributed by atoms with Crippen LogP contribution in [0.2, 0.25) is 0 Å². The molecule has 0 heterocycles. The number of anilines is 2. The van der Waals surface area contributed by atoms with E-state index in [2.05, 4.69) is 10.2 Å². The minimum Gasteiger partial charge on any atom is -0.495 e. The molecule has 2 rings (SSSR count). The van der Waals surface area contributed by atoms with E-state index in [1.54, 1.807) is 19.2 Å². The van der Waals surface area contributed by atoms with Gasteiger partial charge in [-0.3, -0.25) is 0 Å². The van der Waals surface area contributed by atoms with Gasteiger partial charge >= 0.3 is 0 Å². The van der Waals surface area contributed by atoms with E-state index in [0.717, 1.165) is 18.0 Å². The van der Waals surface area contributed by atoms with Crippen LogP contribution in [0.1, 0.15) is 0 Å². The highest BCUT2D eigenvalue weighted by atomic mass is 19.1. The number of likely N-dealkylation sites (N-methyl/N-ethyl adjacent to an activating group) is 1. The van der Waals surface area contributed by atoms with E-state index >= 15 is 0 Å². The van der Waals surface area contributed by atoms with Crippen LogP contribution < -0.4 is 15.0 Å². The van der Waals surface area contributed by atoms with Gasteiger partial charge in [-0.2, -0.15) is 0 Å². The minimum absolute atomic E-state index is 0.229. The summed E-state index contributed by atoms with van der Waals surface area (Å²) in [7, 11) is 3.64. The molecule has 4 heteroatoms. The molecule has 0 saturated heterocycles. The maximum atomic E-state index is 13.5. The first-order valence-electron chi connectivity index (χ1n) is 6.55. The number of rotatable bonds is 6. The number of ether oxygens (including phenoxy) is 1. The van der Waals surface area contributed by atoms with Crippen molar-refractivity contribution in [3.63, 3.8) is 0 Å². The van der Waals surface area contributed by atoms with Crippen molar-refractivity contribution in [3.05, 3.63) is 54.3 Å². The van der Waals surface area contributed by atoms with Crippen LogP contribution in [0.25, 0.3) is 0 Å². The van der Waals surface area contributed by atoms with E-state index < -0.39 is 0 Å². The summed E-state index contributed by atoms with van der Waals surface area (Å²) >= 11 is 0. The average molecular weight is 274 g/mol. The molecular formula is C16H19FN2O. The Labute approximate surface area is 119 Å². The first kappa shape index (κ1) is 14.2. The molecule has 1 N–H and O–H groups in total. The first-order valence-corrected chi connectivity index (χ1v) is 6.55. The van der Waals surface area contributed by atoms with Gasteiger partial charge in [0, 0.05) is 20.1 Å². The maximum Gasteiger partial charge on any atom is 0.146 e. The summed E-state index contributed by atoms with van der Waals surface area (Å²) in [5.41, 5.74) is 1.55. The largest absolute Gasteiger partial charge is 0.495 e. The zero-order chi connectivity index (χ0) is 14.4. The smallest absolute Gasteiger partial charge is 0.146 e. The summed E-state index contributed by atoms with van der Waals surface area (Å²) in [6, 6.07) is 14.5. The molecule has 0 fully saturated rings. The van der Waals surface area contributed by atoms with Gasteiger partial charge < -0.3 is 15.0 Å². The van der Waals surface area contributed by atoms with Crippen molar-refractivity contribution in [3.8, 4) is 5.75 Å². The summed E-state index contributed by atoms with van der Waals surface area (Å²) < 4.78 is 18.8. The lowest BCUT2D eigenvalue weighted by molar-refractivity contribution is 0.415. The molecule has 0 bridgehead atoms. The Kier molecular flexibility index (Phi) is 4.82. The lowest BCUT2D eigenvalue weighted by Crippen LogP contribution is -2.25. The van der Waals surface area contributed by atoms with Crippen molar-refractivity contribution in [1.29, 1.82) is 0 Å². The molecule has 106 valence electrons. The van der Waals surface area contributed by atoms with Gasteiger partial charge in [-0.15, -0.1) is 0 Å². The van der Waals surface area contributed by atoms with Gasteiger partial charge in [-0.05, 0) is 24.3 Å². The van der Waals surface area contributed by atoms with Crippen molar-refractivity contribution in [2.75, 3.05) is 37.5 Å². The van der Waals surface area contributed by atoms with Gasteiger partial charge in [-0.1, -0.05) is 24.3 Å². The number of benzene rings is 2. The molecule has 0 saturated carbocycles. The molecular weight excluding hydrogens is 255 g/mol. The lowest BCUT2D eigenvalue weighted by atomic mass is 10.2. The molecule has 0 aromatic heterocycles. The second kappa shape index (κ2) is 6.80. The highest BCUT2D eigenvalue weighted by molar-refractivity contribution is 5.58. The van der Waals surface area contributed by atoms with Gasteiger partial charge in [0.15, 0.2) is 0 Å². The highest BCUT2D eigenvalue weighted by Gasteiger charge is 2.07. The molecule has 0 atom stereocenters. The van der Waals surface area contributed by atoms with Crippen LogP contribution >= 0.6 is 0 Å². The summed E-state index contributed by atoms with van der Waals surface area (Å²) in [6.07, 6.45) is 0. The topological polar surface area (TPSA) is 24.5 Å². The van der Waals surface area contributed by atoms with E-state index in [1.807, 2.05) is 37.4 Å². The molecule has 2 aromatic rings. The molecule has 0 radical (unpaired) electrons. The van der Waals surface area contributed by atoms with E-state index in [1.165, 1.54) is 6.07 Å². The van der Waals surface area contributed by atoms with Crippen LogP contribution in [0.15, 0.2) is 48.5 Å². The average Bonchev–Trinajstić information content (AvgIpc) is 2.49. The number of halogens is 1. The van der Waals surface area contributed by atoms with Gasteiger partial charge in [-0.25, -0.2) is 4.39 Å². The van der Waals surface area contributed by atoms with Gasteiger partial charge in [0.05, 0.1) is 18.5 Å². The van der Waals surface area contributed by atoms with Crippen LogP contribution in [0.5, 0.6) is 5.75 Å². The Bertz CT molecular complexity index is 560. The van der Waals surface area contributed by atoms with E-state index in [4.69, 9.17) is 4.74 Å². The summed E-state index contributed by atoms with van der Waals surface area (Å²) in [4.78, 5) is 2.08. The van der Waals surface area contributed by atoms with Gasteiger partial charge in [0.2, 0.25) is 0 Å². The van der Waals surface area contributed by atoms with Crippen molar-refractivity contribution >= 4 is 11.4 Å². The van der Waals surface area contributed by atoms with Crippen molar-refractivity contribution < 1.29 is 9.13 Å². The molecule has 0 amide bonds. The van der Waals surface area contributed by atoms with Crippen LogP contribution in [-0.2, 0) is 0 Å². The number of hydrogen-bond donors (Lipinski definition) is 1. The monoisotopic (exact) mass is 274 g/mol. The SMILES string of the molecule is COc1ccccc1N(C)CCNc1ccccc1F.